The molecule has 1 aliphatic heterocycles. The molecule has 2 amide bonds. The minimum absolute atomic E-state index is 0.0161. The van der Waals surface area contributed by atoms with Gasteiger partial charge in [0.2, 0.25) is 5.91 Å². The second-order valence-corrected chi connectivity index (χ2v) is 6.19. The van der Waals surface area contributed by atoms with E-state index in [4.69, 9.17) is 11.6 Å². The highest BCUT2D eigenvalue weighted by Gasteiger charge is 2.32. The molecule has 112 valence electrons. The zero-order valence-electron chi connectivity index (χ0n) is 11.9. The summed E-state index contributed by atoms with van der Waals surface area (Å²) in [6.07, 6.45) is 3.23. The first-order chi connectivity index (χ1) is 10.1. The van der Waals surface area contributed by atoms with Crippen molar-refractivity contribution >= 4 is 23.4 Å². The summed E-state index contributed by atoms with van der Waals surface area (Å²) in [7, 11) is 0. The summed E-state index contributed by atoms with van der Waals surface area (Å²) >= 11 is 5.84. The lowest BCUT2D eigenvalue weighted by Crippen LogP contribution is -2.52. The molecule has 1 saturated heterocycles. The molecule has 1 aromatic rings. The number of carbonyl (C=O) groups excluding carboxylic acids is 2. The van der Waals surface area contributed by atoms with Crippen molar-refractivity contribution in [2.45, 2.75) is 19.3 Å². The third kappa shape index (κ3) is 3.05. The molecule has 0 bridgehead atoms. The van der Waals surface area contributed by atoms with E-state index in [2.05, 4.69) is 0 Å². The fourth-order valence-corrected chi connectivity index (χ4v) is 2.94. The molecular weight excluding hydrogens is 288 g/mol. The van der Waals surface area contributed by atoms with Gasteiger partial charge in [0, 0.05) is 42.7 Å². The monoisotopic (exact) mass is 306 g/mol. The van der Waals surface area contributed by atoms with Gasteiger partial charge in [-0.25, -0.2) is 0 Å². The molecule has 0 N–H and O–H groups in total. The summed E-state index contributed by atoms with van der Waals surface area (Å²) in [4.78, 5) is 28.3. The Hall–Kier alpha value is -1.55. The Kier molecular flexibility index (Phi) is 4.15. The van der Waals surface area contributed by atoms with Gasteiger partial charge >= 0.3 is 0 Å². The van der Waals surface area contributed by atoms with E-state index in [9.17, 15) is 9.59 Å². The maximum Gasteiger partial charge on any atom is 0.253 e. The number of piperazine rings is 1. The minimum atomic E-state index is 0.0161. The number of hydrogen-bond acceptors (Lipinski definition) is 2. The number of rotatable bonds is 2. The van der Waals surface area contributed by atoms with Crippen molar-refractivity contribution in [3.05, 3.63) is 34.9 Å². The van der Waals surface area contributed by atoms with Gasteiger partial charge in [-0.1, -0.05) is 18.0 Å². The van der Waals surface area contributed by atoms with Crippen LogP contribution in [-0.4, -0.2) is 47.8 Å². The fraction of sp³-hybridized carbons (Fsp3) is 0.500. The molecule has 0 atom stereocenters. The average Bonchev–Trinajstić information content (AvgIpc) is 2.46. The smallest absolute Gasteiger partial charge is 0.253 e. The molecule has 1 aromatic carbocycles. The van der Waals surface area contributed by atoms with Gasteiger partial charge in [0.15, 0.2) is 0 Å². The SMILES string of the molecule is O=C(c1ccc(Cl)cc1)N1CCN(C(=O)C2CCC2)CC1. The minimum Gasteiger partial charge on any atom is -0.339 e. The highest BCUT2D eigenvalue weighted by molar-refractivity contribution is 6.30. The van der Waals surface area contributed by atoms with E-state index in [1.165, 1.54) is 6.42 Å². The highest BCUT2D eigenvalue weighted by Crippen LogP contribution is 2.28. The van der Waals surface area contributed by atoms with Crippen molar-refractivity contribution in [2.75, 3.05) is 26.2 Å². The zero-order valence-corrected chi connectivity index (χ0v) is 12.7. The Balaban J connectivity index is 1.56. The molecule has 4 nitrogen and oxygen atoms in total. The Morgan fingerprint density at radius 3 is 2.05 bits per heavy atom. The van der Waals surface area contributed by atoms with Gasteiger partial charge in [-0.05, 0) is 37.1 Å². The van der Waals surface area contributed by atoms with Crippen LogP contribution < -0.4 is 0 Å². The molecule has 0 unspecified atom stereocenters. The van der Waals surface area contributed by atoms with Crippen LogP contribution in [0.4, 0.5) is 0 Å². The van der Waals surface area contributed by atoms with Crippen LogP contribution in [0.25, 0.3) is 0 Å². The Bertz CT molecular complexity index is 532. The Morgan fingerprint density at radius 2 is 1.52 bits per heavy atom. The van der Waals surface area contributed by atoms with Crippen molar-refractivity contribution in [3.63, 3.8) is 0 Å². The van der Waals surface area contributed by atoms with E-state index >= 15 is 0 Å². The van der Waals surface area contributed by atoms with Gasteiger partial charge in [0.1, 0.15) is 0 Å². The van der Waals surface area contributed by atoms with Crippen molar-refractivity contribution in [1.82, 2.24) is 9.80 Å². The number of nitrogens with zero attached hydrogens (tertiary/aromatic N) is 2. The summed E-state index contributed by atoms with van der Waals surface area (Å²) in [6.45, 7) is 2.52. The van der Waals surface area contributed by atoms with E-state index in [-0.39, 0.29) is 17.7 Å². The second-order valence-electron chi connectivity index (χ2n) is 5.75. The van der Waals surface area contributed by atoms with E-state index in [1.807, 2.05) is 9.80 Å². The molecule has 5 heteroatoms. The lowest BCUT2D eigenvalue weighted by molar-refractivity contribution is -0.139. The highest BCUT2D eigenvalue weighted by atomic mass is 35.5. The van der Waals surface area contributed by atoms with Crippen LogP contribution in [-0.2, 0) is 4.79 Å². The van der Waals surface area contributed by atoms with Crippen LogP contribution in [0.3, 0.4) is 0 Å². The third-order valence-corrected chi connectivity index (χ3v) is 4.68. The molecule has 2 fully saturated rings. The van der Waals surface area contributed by atoms with E-state index in [0.29, 0.717) is 36.8 Å². The van der Waals surface area contributed by atoms with Gasteiger partial charge in [-0.2, -0.15) is 0 Å². The van der Waals surface area contributed by atoms with Gasteiger partial charge < -0.3 is 9.80 Å². The Labute approximate surface area is 129 Å². The first-order valence-corrected chi connectivity index (χ1v) is 7.86. The number of benzene rings is 1. The molecule has 1 aliphatic carbocycles. The van der Waals surface area contributed by atoms with Crippen LogP contribution in [0.1, 0.15) is 29.6 Å². The predicted molar refractivity (Wildman–Crippen MR) is 81.3 cm³/mol. The van der Waals surface area contributed by atoms with E-state index in [1.54, 1.807) is 24.3 Å². The lowest BCUT2D eigenvalue weighted by Gasteiger charge is -2.38. The van der Waals surface area contributed by atoms with Crippen LogP contribution in [0.2, 0.25) is 5.02 Å². The van der Waals surface area contributed by atoms with Crippen molar-refractivity contribution in [2.24, 2.45) is 5.92 Å². The molecule has 2 aliphatic rings. The third-order valence-electron chi connectivity index (χ3n) is 4.42. The van der Waals surface area contributed by atoms with E-state index in [0.717, 1.165) is 12.8 Å². The predicted octanol–water partition coefficient (Wildman–Crippen LogP) is 2.42. The van der Waals surface area contributed by atoms with Crippen LogP contribution >= 0.6 is 11.6 Å². The van der Waals surface area contributed by atoms with Gasteiger partial charge in [0.25, 0.3) is 5.91 Å². The first kappa shape index (κ1) is 14.4. The normalized spacial score (nSPS) is 19.3. The van der Waals surface area contributed by atoms with Crippen molar-refractivity contribution in [1.29, 1.82) is 0 Å². The largest absolute Gasteiger partial charge is 0.339 e. The van der Waals surface area contributed by atoms with Crippen LogP contribution in [0.5, 0.6) is 0 Å². The van der Waals surface area contributed by atoms with Gasteiger partial charge in [-0.3, -0.25) is 9.59 Å². The molecule has 0 aromatic heterocycles. The van der Waals surface area contributed by atoms with Gasteiger partial charge in [0.05, 0.1) is 0 Å². The molecule has 21 heavy (non-hydrogen) atoms. The maximum atomic E-state index is 12.4. The summed E-state index contributed by atoms with van der Waals surface area (Å²) in [5, 5.41) is 0.627. The number of halogens is 1. The van der Waals surface area contributed by atoms with Crippen LogP contribution in [0.15, 0.2) is 24.3 Å². The topological polar surface area (TPSA) is 40.6 Å². The quantitative estimate of drug-likeness (QED) is 0.842. The maximum absolute atomic E-state index is 12.4. The van der Waals surface area contributed by atoms with Crippen LogP contribution in [0, 0.1) is 5.92 Å². The molecule has 1 heterocycles. The molecule has 0 spiro atoms. The lowest BCUT2D eigenvalue weighted by atomic mass is 9.84. The number of carbonyl (C=O) groups is 2. The standard InChI is InChI=1S/C16H19ClN2O2/c17-14-6-4-13(5-7-14)16(21)19-10-8-18(9-11-19)15(20)12-2-1-3-12/h4-7,12H,1-3,8-11H2. The van der Waals surface area contributed by atoms with Gasteiger partial charge in [-0.15, -0.1) is 0 Å². The number of hydrogen-bond donors (Lipinski definition) is 0. The summed E-state index contributed by atoms with van der Waals surface area (Å²) in [5.41, 5.74) is 0.651. The van der Waals surface area contributed by atoms with Crippen molar-refractivity contribution in [3.8, 4) is 0 Å². The first-order valence-electron chi connectivity index (χ1n) is 7.49. The summed E-state index contributed by atoms with van der Waals surface area (Å²) < 4.78 is 0. The zero-order chi connectivity index (χ0) is 14.8. The summed E-state index contributed by atoms with van der Waals surface area (Å²) in [6, 6.07) is 6.95. The Morgan fingerprint density at radius 1 is 0.952 bits per heavy atom. The second kappa shape index (κ2) is 6.06. The number of amides is 2. The molecule has 1 saturated carbocycles. The fourth-order valence-electron chi connectivity index (χ4n) is 2.82. The van der Waals surface area contributed by atoms with Crippen molar-refractivity contribution < 1.29 is 9.59 Å². The average molecular weight is 307 g/mol. The van der Waals surface area contributed by atoms with E-state index < -0.39 is 0 Å². The molecular formula is C16H19ClN2O2. The molecule has 0 radical (unpaired) electrons. The molecule has 3 rings (SSSR count). The summed E-state index contributed by atoms with van der Waals surface area (Å²) in [5.74, 6) is 0.533.